The minimum absolute atomic E-state index is 0.397. The highest BCUT2D eigenvalue weighted by molar-refractivity contribution is 6.08. The molecule has 0 spiro atoms. The Balaban J connectivity index is 0.824. The summed E-state index contributed by atoms with van der Waals surface area (Å²) in [4.78, 5) is 59.3. The van der Waals surface area contributed by atoms with Crippen LogP contribution in [0.5, 0.6) is 0 Å². The van der Waals surface area contributed by atoms with Gasteiger partial charge in [0.1, 0.15) is 24.7 Å². The van der Waals surface area contributed by atoms with Crippen molar-refractivity contribution in [3.63, 3.8) is 0 Å². The number of benzene rings is 9. The van der Waals surface area contributed by atoms with Crippen LogP contribution in [0.2, 0.25) is 0 Å². The Kier molecular flexibility index (Phi) is 14.0. The minimum Gasteiger partial charge on any atom is -0.245 e. The highest BCUT2D eigenvalue weighted by Crippen LogP contribution is 2.35. The van der Waals surface area contributed by atoms with Crippen molar-refractivity contribution < 1.29 is 19.2 Å². The quantitative estimate of drug-likeness (QED) is 0.0579. The predicted octanol–water partition coefficient (Wildman–Crippen LogP) is 10.3. The SMILES string of the molecule is O=C1N(c2ccccc2)NC(c2ccccc2)NN1c1cccc(N2NC(c3ccccc3)NN(c3cccc(N4NC(c5ccccc5)NN(c5cccc(N6NC(c7ccccc7)NN(c7ccccc7)C6=O)c5)C4=O)c3)C2=O)c1. The Bertz CT molecular complexity index is 3510. The summed E-state index contributed by atoms with van der Waals surface area (Å²) in [6.45, 7) is 0. The summed E-state index contributed by atoms with van der Waals surface area (Å²) < 4.78 is 0. The molecule has 8 N–H and O–H groups in total. The fraction of sp³-hybridized carbons (Fsp3) is 0.0645. The predicted molar refractivity (Wildman–Crippen MR) is 315 cm³/mol. The summed E-state index contributed by atoms with van der Waals surface area (Å²) in [5, 5.41) is 11.7. The van der Waals surface area contributed by atoms with E-state index in [9.17, 15) is 9.59 Å². The number of anilines is 8. The van der Waals surface area contributed by atoms with Gasteiger partial charge in [0.2, 0.25) is 0 Å². The van der Waals surface area contributed by atoms with Gasteiger partial charge in [0.05, 0.1) is 45.5 Å². The van der Waals surface area contributed by atoms with E-state index in [0.717, 1.165) is 22.3 Å². The molecule has 9 aromatic rings. The summed E-state index contributed by atoms with van der Waals surface area (Å²) in [5.41, 5.74) is 34.3. The lowest BCUT2D eigenvalue weighted by Crippen LogP contribution is -2.66. The van der Waals surface area contributed by atoms with Crippen molar-refractivity contribution in [1.82, 2.24) is 43.4 Å². The Labute approximate surface area is 472 Å². The zero-order valence-corrected chi connectivity index (χ0v) is 43.8. The Morgan fingerprint density at radius 1 is 0.195 bits per heavy atom. The number of nitrogens with one attached hydrogen (secondary N) is 8. The van der Waals surface area contributed by atoms with Crippen molar-refractivity contribution in [2.75, 3.05) is 40.1 Å². The number of carbonyl (C=O) groups excluding carboxylic acids is 4. The van der Waals surface area contributed by atoms with Gasteiger partial charge in [-0.3, -0.25) is 0 Å². The van der Waals surface area contributed by atoms with E-state index in [-0.39, 0.29) is 0 Å². The number of carbonyl (C=O) groups is 4. The molecule has 4 unspecified atom stereocenters. The van der Waals surface area contributed by atoms with Crippen LogP contribution in [0.3, 0.4) is 0 Å². The van der Waals surface area contributed by atoms with Gasteiger partial charge >= 0.3 is 24.1 Å². The van der Waals surface area contributed by atoms with Crippen LogP contribution >= 0.6 is 0 Å². The van der Waals surface area contributed by atoms with E-state index < -0.39 is 48.8 Å². The summed E-state index contributed by atoms with van der Waals surface area (Å²) >= 11 is 0. The van der Waals surface area contributed by atoms with E-state index in [2.05, 4.69) is 43.4 Å². The van der Waals surface area contributed by atoms with Crippen LogP contribution in [-0.4, -0.2) is 24.1 Å². The maximum Gasteiger partial charge on any atom is 0.358 e. The van der Waals surface area contributed by atoms with Gasteiger partial charge in [-0.15, -0.1) is 0 Å². The molecule has 4 heterocycles. The third kappa shape index (κ3) is 10.2. The molecule has 20 heteroatoms. The third-order valence-corrected chi connectivity index (χ3v) is 14.2. The second-order valence-corrected chi connectivity index (χ2v) is 19.5. The number of para-hydroxylation sites is 2. The molecule has 4 aliphatic heterocycles. The van der Waals surface area contributed by atoms with Gasteiger partial charge in [-0.05, 0) is 101 Å². The largest absolute Gasteiger partial charge is 0.358 e. The average Bonchev–Trinajstić information content (AvgIpc) is 3.25. The molecule has 9 aromatic carbocycles. The molecule has 20 nitrogen and oxygen atoms in total. The summed E-state index contributed by atoms with van der Waals surface area (Å²) in [6.07, 6.45) is -2.32. The molecule has 4 atom stereocenters. The van der Waals surface area contributed by atoms with Crippen molar-refractivity contribution in [2.24, 2.45) is 0 Å². The number of amides is 8. The second-order valence-electron chi connectivity index (χ2n) is 19.5. The zero-order valence-electron chi connectivity index (χ0n) is 43.8. The molecule has 0 bridgehead atoms. The van der Waals surface area contributed by atoms with Crippen LogP contribution in [0.4, 0.5) is 64.7 Å². The van der Waals surface area contributed by atoms with Crippen molar-refractivity contribution in [3.8, 4) is 0 Å². The molecule has 0 aromatic heterocycles. The first-order chi connectivity index (χ1) is 40.3. The van der Waals surface area contributed by atoms with Gasteiger partial charge < -0.3 is 0 Å². The van der Waals surface area contributed by atoms with Gasteiger partial charge in [-0.25, -0.2) is 103 Å². The number of urea groups is 4. The van der Waals surface area contributed by atoms with Gasteiger partial charge in [-0.1, -0.05) is 176 Å². The lowest BCUT2D eigenvalue weighted by Gasteiger charge is -2.43. The Hall–Kier alpha value is -10.3. The first kappa shape index (κ1) is 51.2. The number of hydrazine groups is 8. The van der Waals surface area contributed by atoms with Crippen molar-refractivity contribution in [2.45, 2.75) is 24.7 Å². The number of hydrogen-bond donors (Lipinski definition) is 8. The van der Waals surface area contributed by atoms with E-state index in [1.165, 1.54) is 40.1 Å². The molecule has 0 saturated carbocycles. The highest BCUT2D eigenvalue weighted by atomic mass is 16.2. The van der Waals surface area contributed by atoms with Crippen LogP contribution < -0.4 is 83.5 Å². The van der Waals surface area contributed by atoms with Crippen molar-refractivity contribution in [3.05, 3.63) is 277 Å². The Morgan fingerprint density at radius 3 is 0.549 bits per heavy atom. The van der Waals surface area contributed by atoms with Crippen molar-refractivity contribution >= 4 is 69.6 Å². The van der Waals surface area contributed by atoms with Crippen molar-refractivity contribution in [1.29, 1.82) is 0 Å². The van der Waals surface area contributed by atoms with Gasteiger partial charge in [-0.2, -0.15) is 0 Å². The van der Waals surface area contributed by atoms with E-state index in [4.69, 9.17) is 0 Å². The van der Waals surface area contributed by atoms with E-state index in [1.807, 2.05) is 182 Å². The first-order valence-electron chi connectivity index (χ1n) is 26.6. The molecule has 406 valence electrons. The molecule has 8 amide bonds. The van der Waals surface area contributed by atoms with Gasteiger partial charge in [0.15, 0.2) is 0 Å². The van der Waals surface area contributed by atoms with Crippen LogP contribution in [0.1, 0.15) is 46.9 Å². The van der Waals surface area contributed by atoms with E-state index in [1.54, 1.807) is 72.8 Å². The molecule has 4 saturated heterocycles. The van der Waals surface area contributed by atoms with E-state index in [0.29, 0.717) is 45.5 Å². The maximum absolute atomic E-state index is 15.2. The molecular weight excluding hydrogens is 1030 g/mol. The van der Waals surface area contributed by atoms with E-state index >= 15 is 9.59 Å². The molecule has 82 heavy (non-hydrogen) atoms. The van der Waals surface area contributed by atoms with Crippen LogP contribution in [0, 0.1) is 0 Å². The molecule has 0 radical (unpaired) electrons. The van der Waals surface area contributed by atoms with Crippen LogP contribution in [0.25, 0.3) is 0 Å². The number of hydrogen-bond acceptors (Lipinski definition) is 12. The standard InChI is InChI=1S/C62H54N16O4/c79-59-71(47-30-15-5-16-31-47)63-55(43-22-7-1-8-23-43)65-73(59)49-34-19-36-51(40-49)75-61(81)77(69-57(67-75)45-26-11-3-12-27-45)53-38-21-39-54(42-53)78-62(82)76(68-58(70-78)46-28-13-4-14-29-46)52-37-20-35-50(41-52)74-60(80)72(48-32-17-6-18-33-48)64-56(66-74)44-24-9-2-10-25-44/h1-42,55-58,63-70H. The smallest absolute Gasteiger partial charge is 0.245 e. The summed E-state index contributed by atoms with van der Waals surface area (Å²) in [7, 11) is 0. The molecule has 4 fully saturated rings. The normalized spacial score (nSPS) is 19.7. The molecular formula is C62H54N16O4. The monoisotopic (exact) mass is 1090 g/mol. The number of rotatable bonds is 12. The number of nitrogens with zero attached hydrogens (tertiary/aromatic N) is 8. The molecule has 13 rings (SSSR count). The topological polar surface area (TPSA) is 190 Å². The zero-order chi connectivity index (χ0) is 55.5. The fourth-order valence-corrected chi connectivity index (χ4v) is 10.1. The van der Waals surface area contributed by atoms with Crippen LogP contribution in [0.15, 0.2) is 255 Å². The van der Waals surface area contributed by atoms with Gasteiger partial charge in [0, 0.05) is 0 Å². The van der Waals surface area contributed by atoms with Crippen LogP contribution in [-0.2, 0) is 0 Å². The minimum atomic E-state index is -0.648. The highest BCUT2D eigenvalue weighted by Gasteiger charge is 2.40. The second kappa shape index (κ2) is 22.5. The van der Waals surface area contributed by atoms with Gasteiger partial charge in [0.25, 0.3) is 0 Å². The molecule has 4 aliphatic rings. The lowest BCUT2D eigenvalue weighted by molar-refractivity contribution is 0.230. The molecule has 0 aliphatic carbocycles. The summed E-state index contributed by atoms with van der Waals surface area (Å²) in [6, 6.07) is 77.0. The average molecular weight is 1090 g/mol. The first-order valence-corrected chi connectivity index (χ1v) is 26.6. The summed E-state index contributed by atoms with van der Waals surface area (Å²) in [5.74, 6) is 0. The lowest BCUT2D eigenvalue weighted by atomic mass is 10.1. The third-order valence-electron chi connectivity index (χ3n) is 14.2. The Morgan fingerprint density at radius 2 is 0.354 bits per heavy atom. The maximum atomic E-state index is 15.2. The fourth-order valence-electron chi connectivity index (χ4n) is 10.1.